The molecule has 1 saturated heterocycles. The summed E-state index contributed by atoms with van der Waals surface area (Å²) < 4.78 is 0. The molecule has 0 radical (unpaired) electrons. The predicted octanol–water partition coefficient (Wildman–Crippen LogP) is 2.31. The molecule has 88 valence electrons. The van der Waals surface area contributed by atoms with E-state index in [2.05, 4.69) is 21.7 Å². The Balaban J connectivity index is 1.63. The normalized spacial score (nSPS) is 35.2. The van der Waals surface area contributed by atoms with Crippen molar-refractivity contribution in [2.75, 3.05) is 13.1 Å². The molecule has 0 spiro atoms. The molecule has 2 fully saturated rings. The van der Waals surface area contributed by atoms with Crippen LogP contribution >= 0.6 is 11.3 Å². The molecular weight excluding hydrogens is 216 g/mol. The van der Waals surface area contributed by atoms with Crippen LogP contribution in [0.5, 0.6) is 0 Å². The molecule has 0 bridgehead atoms. The van der Waals surface area contributed by atoms with Crippen LogP contribution in [0, 0.1) is 11.8 Å². The number of likely N-dealkylation sites (tertiary alicyclic amines) is 1. The Morgan fingerprint density at radius 2 is 2.31 bits per heavy atom. The average Bonchev–Trinajstić information content (AvgIpc) is 2.88. The van der Waals surface area contributed by atoms with E-state index in [1.807, 2.05) is 0 Å². The van der Waals surface area contributed by atoms with Gasteiger partial charge in [-0.1, -0.05) is 6.42 Å². The van der Waals surface area contributed by atoms with Crippen molar-refractivity contribution in [2.45, 2.75) is 31.8 Å². The van der Waals surface area contributed by atoms with Crippen molar-refractivity contribution in [2.24, 2.45) is 17.6 Å². The van der Waals surface area contributed by atoms with Crippen molar-refractivity contribution in [1.82, 2.24) is 4.90 Å². The van der Waals surface area contributed by atoms with Crippen LogP contribution in [0.4, 0.5) is 0 Å². The Kier molecular flexibility index (Phi) is 3.01. The summed E-state index contributed by atoms with van der Waals surface area (Å²) in [5.41, 5.74) is 7.70. The highest BCUT2D eigenvalue weighted by atomic mass is 32.1. The molecule has 2 nitrogen and oxygen atoms in total. The molecule has 1 aromatic rings. The highest BCUT2D eigenvalue weighted by Gasteiger charge is 2.38. The van der Waals surface area contributed by atoms with Gasteiger partial charge in [0.05, 0.1) is 0 Å². The monoisotopic (exact) mass is 236 g/mol. The van der Waals surface area contributed by atoms with Gasteiger partial charge < -0.3 is 5.73 Å². The zero-order valence-corrected chi connectivity index (χ0v) is 10.5. The van der Waals surface area contributed by atoms with E-state index in [-0.39, 0.29) is 0 Å². The van der Waals surface area contributed by atoms with Crippen molar-refractivity contribution in [3.8, 4) is 0 Å². The summed E-state index contributed by atoms with van der Waals surface area (Å²) in [5.74, 6) is 1.65. The van der Waals surface area contributed by atoms with Crippen molar-refractivity contribution in [3.05, 3.63) is 22.4 Å². The second-order valence-electron chi connectivity index (χ2n) is 5.34. The van der Waals surface area contributed by atoms with Crippen LogP contribution in [0.1, 0.15) is 24.8 Å². The first-order valence-electron chi connectivity index (χ1n) is 6.32. The third kappa shape index (κ3) is 2.04. The summed E-state index contributed by atoms with van der Waals surface area (Å²) in [4.78, 5) is 2.60. The van der Waals surface area contributed by atoms with Crippen LogP contribution in [0.3, 0.4) is 0 Å². The molecule has 1 saturated carbocycles. The zero-order chi connectivity index (χ0) is 11.0. The molecule has 1 aromatic heterocycles. The van der Waals surface area contributed by atoms with Gasteiger partial charge in [0, 0.05) is 25.7 Å². The van der Waals surface area contributed by atoms with Gasteiger partial charge in [0.2, 0.25) is 0 Å². The molecule has 1 aliphatic heterocycles. The Morgan fingerprint density at radius 1 is 1.38 bits per heavy atom. The standard InChI is InChI=1S/C13H20N2S/c14-13-3-1-2-11-7-15(8-12(11)13)6-10-4-5-16-9-10/h4-5,9,11-13H,1-3,6-8,14H2. The Bertz CT molecular complexity index is 336. The predicted molar refractivity (Wildman–Crippen MR) is 68.4 cm³/mol. The van der Waals surface area contributed by atoms with E-state index in [1.165, 1.54) is 37.9 Å². The molecule has 3 unspecified atom stereocenters. The van der Waals surface area contributed by atoms with Crippen LogP contribution in [-0.2, 0) is 6.54 Å². The third-order valence-corrected chi connectivity index (χ3v) is 4.95. The fourth-order valence-corrected chi connectivity index (χ4v) is 4.04. The molecule has 3 heteroatoms. The maximum atomic E-state index is 6.23. The molecular formula is C13H20N2S. The van der Waals surface area contributed by atoms with Gasteiger partial charge in [-0.3, -0.25) is 4.90 Å². The maximum absolute atomic E-state index is 6.23. The third-order valence-electron chi connectivity index (χ3n) is 4.22. The van der Waals surface area contributed by atoms with Crippen molar-refractivity contribution in [1.29, 1.82) is 0 Å². The molecule has 2 heterocycles. The largest absolute Gasteiger partial charge is 0.327 e. The lowest BCUT2D eigenvalue weighted by Crippen LogP contribution is -2.38. The van der Waals surface area contributed by atoms with E-state index in [4.69, 9.17) is 5.73 Å². The minimum absolute atomic E-state index is 0.464. The van der Waals surface area contributed by atoms with E-state index in [0.717, 1.165) is 18.4 Å². The number of hydrogen-bond donors (Lipinski definition) is 1. The minimum Gasteiger partial charge on any atom is -0.327 e. The first kappa shape index (κ1) is 10.8. The summed E-state index contributed by atoms with van der Waals surface area (Å²) in [5, 5.41) is 4.44. The number of thiophene rings is 1. The van der Waals surface area contributed by atoms with Crippen molar-refractivity contribution in [3.63, 3.8) is 0 Å². The van der Waals surface area contributed by atoms with Gasteiger partial charge in [-0.2, -0.15) is 11.3 Å². The second-order valence-corrected chi connectivity index (χ2v) is 6.12. The SMILES string of the molecule is NC1CCCC2CN(Cc3ccsc3)CC12. The summed E-state index contributed by atoms with van der Waals surface area (Å²) in [6.45, 7) is 3.62. The van der Waals surface area contributed by atoms with E-state index in [9.17, 15) is 0 Å². The van der Waals surface area contributed by atoms with Crippen LogP contribution in [0.15, 0.2) is 16.8 Å². The quantitative estimate of drug-likeness (QED) is 0.854. The summed E-state index contributed by atoms with van der Waals surface area (Å²) >= 11 is 1.80. The molecule has 2 N–H and O–H groups in total. The maximum Gasteiger partial charge on any atom is 0.0242 e. The first-order valence-corrected chi connectivity index (χ1v) is 7.26. The highest BCUT2D eigenvalue weighted by Crippen LogP contribution is 2.36. The molecule has 3 rings (SSSR count). The van der Waals surface area contributed by atoms with Gasteiger partial charge in [-0.15, -0.1) is 0 Å². The van der Waals surface area contributed by atoms with Crippen molar-refractivity contribution >= 4 is 11.3 Å². The van der Waals surface area contributed by atoms with Gasteiger partial charge in [0.25, 0.3) is 0 Å². The lowest BCUT2D eigenvalue weighted by Gasteiger charge is -2.29. The Hall–Kier alpha value is -0.380. The average molecular weight is 236 g/mol. The zero-order valence-electron chi connectivity index (χ0n) is 9.64. The minimum atomic E-state index is 0.464. The van der Waals surface area contributed by atoms with Gasteiger partial charge in [-0.05, 0) is 47.1 Å². The number of rotatable bonds is 2. The van der Waals surface area contributed by atoms with Crippen LogP contribution in [0.2, 0.25) is 0 Å². The first-order chi connectivity index (χ1) is 7.83. The molecule has 1 aliphatic carbocycles. The number of hydrogen-bond acceptors (Lipinski definition) is 3. The molecule has 3 atom stereocenters. The van der Waals surface area contributed by atoms with Gasteiger partial charge in [0.15, 0.2) is 0 Å². The Labute approximate surface area is 101 Å². The van der Waals surface area contributed by atoms with E-state index >= 15 is 0 Å². The van der Waals surface area contributed by atoms with Gasteiger partial charge in [0.1, 0.15) is 0 Å². The topological polar surface area (TPSA) is 29.3 Å². The summed E-state index contributed by atoms with van der Waals surface area (Å²) in [6, 6.07) is 2.71. The summed E-state index contributed by atoms with van der Waals surface area (Å²) in [7, 11) is 0. The fraction of sp³-hybridized carbons (Fsp3) is 0.692. The molecule has 2 aliphatic rings. The second kappa shape index (κ2) is 4.47. The molecule has 0 amide bonds. The lowest BCUT2D eigenvalue weighted by atomic mass is 9.78. The van der Waals surface area contributed by atoms with Gasteiger partial charge in [-0.25, -0.2) is 0 Å². The molecule has 0 aromatic carbocycles. The van der Waals surface area contributed by atoms with Crippen LogP contribution < -0.4 is 5.73 Å². The summed E-state index contributed by atoms with van der Waals surface area (Å²) in [6.07, 6.45) is 3.99. The smallest absolute Gasteiger partial charge is 0.0242 e. The number of nitrogens with two attached hydrogens (primary N) is 1. The number of nitrogens with zero attached hydrogens (tertiary/aromatic N) is 1. The van der Waals surface area contributed by atoms with Crippen LogP contribution in [-0.4, -0.2) is 24.0 Å². The van der Waals surface area contributed by atoms with E-state index < -0.39 is 0 Å². The van der Waals surface area contributed by atoms with Crippen molar-refractivity contribution < 1.29 is 0 Å². The Morgan fingerprint density at radius 3 is 3.06 bits per heavy atom. The van der Waals surface area contributed by atoms with E-state index in [1.54, 1.807) is 11.3 Å². The lowest BCUT2D eigenvalue weighted by molar-refractivity contribution is 0.259. The van der Waals surface area contributed by atoms with E-state index in [0.29, 0.717) is 6.04 Å². The van der Waals surface area contributed by atoms with Gasteiger partial charge >= 0.3 is 0 Å². The fourth-order valence-electron chi connectivity index (χ4n) is 3.38. The highest BCUT2D eigenvalue weighted by molar-refractivity contribution is 7.07. The molecule has 16 heavy (non-hydrogen) atoms. The number of fused-ring (bicyclic) bond motifs is 1. The van der Waals surface area contributed by atoms with Crippen LogP contribution in [0.25, 0.3) is 0 Å².